The summed E-state index contributed by atoms with van der Waals surface area (Å²) in [6.45, 7) is 0. The second-order valence-electron chi connectivity index (χ2n) is 4.25. The number of benzene rings is 1. The van der Waals surface area contributed by atoms with Gasteiger partial charge in [0.1, 0.15) is 11.3 Å². The van der Waals surface area contributed by atoms with Gasteiger partial charge in [-0.15, -0.1) is 11.3 Å². The summed E-state index contributed by atoms with van der Waals surface area (Å²) in [6.07, 6.45) is 0.572. The third-order valence-corrected chi connectivity index (χ3v) is 4.14. The molecule has 0 atom stereocenters. The summed E-state index contributed by atoms with van der Waals surface area (Å²) in [6, 6.07) is 5.45. The molecule has 0 bridgehead atoms. The average Bonchev–Trinajstić information content (AvgIpc) is 2.86. The molecule has 1 aromatic carbocycles. The number of nitrogens with zero attached hydrogens (tertiary/aromatic N) is 1. The van der Waals surface area contributed by atoms with Crippen LogP contribution in [0.15, 0.2) is 24.4 Å². The molecular weight excluding hydrogens is 292 g/mol. The van der Waals surface area contributed by atoms with E-state index in [4.69, 9.17) is 14.6 Å². The highest BCUT2D eigenvalue weighted by atomic mass is 32.1. The number of aromatic nitrogens is 1. The van der Waals surface area contributed by atoms with Gasteiger partial charge in [0.15, 0.2) is 5.75 Å². The molecule has 0 fully saturated rings. The first kappa shape index (κ1) is 13.4. The van der Waals surface area contributed by atoms with Crippen LogP contribution >= 0.6 is 11.3 Å². The Morgan fingerprint density at radius 1 is 1.29 bits per heavy atom. The molecule has 108 valence electrons. The van der Waals surface area contributed by atoms with Gasteiger partial charge in [0.25, 0.3) is 0 Å². The van der Waals surface area contributed by atoms with E-state index in [0.29, 0.717) is 22.0 Å². The first-order chi connectivity index (χ1) is 10.2. The highest BCUT2D eigenvalue weighted by molar-refractivity contribution is 7.23. The number of rotatable bonds is 3. The fourth-order valence-corrected chi connectivity index (χ4v) is 3.40. The molecule has 6 nitrogen and oxygen atoms in total. The van der Waals surface area contributed by atoms with Crippen LogP contribution in [-0.2, 0) is 0 Å². The SMILES string of the molecule is COc1c2cccnc2c(OC)c2sc(NC(=O)O)cc12. The Kier molecular flexibility index (Phi) is 3.26. The smallest absolute Gasteiger partial charge is 0.409 e. The lowest BCUT2D eigenvalue weighted by molar-refractivity contribution is 0.210. The van der Waals surface area contributed by atoms with Gasteiger partial charge >= 0.3 is 6.09 Å². The van der Waals surface area contributed by atoms with E-state index in [1.807, 2.05) is 12.1 Å². The number of hydrogen-bond acceptors (Lipinski definition) is 5. The van der Waals surface area contributed by atoms with Crippen molar-refractivity contribution in [1.82, 2.24) is 4.98 Å². The normalized spacial score (nSPS) is 10.8. The summed E-state index contributed by atoms with van der Waals surface area (Å²) in [4.78, 5) is 15.2. The second-order valence-corrected chi connectivity index (χ2v) is 5.30. The lowest BCUT2D eigenvalue weighted by Gasteiger charge is -2.10. The number of nitrogens with one attached hydrogen (secondary N) is 1. The van der Waals surface area contributed by atoms with Gasteiger partial charge in [0, 0.05) is 17.0 Å². The van der Waals surface area contributed by atoms with E-state index in [0.717, 1.165) is 15.5 Å². The maximum Gasteiger partial charge on any atom is 0.409 e. The number of fused-ring (bicyclic) bond motifs is 2. The number of carbonyl (C=O) groups is 1. The largest absolute Gasteiger partial charge is 0.495 e. The van der Waals surface area contributed by atoms with Crippen molar-refractivity contribution in [2.24, 2.45) is 0 Å². The number of methoxy groups -OCH3 is 2. The van der Waals surface area contributed by atoms with Crippen LogP contribution in [0.4, 0.5) is 9.80 Å². The van der Waals surface area contributed by atoms with E-state index in [1.165, 1.54) is 11.3 Å². The predicted octanol–water partition coefficient (Wildman–Crippen LogP) is 3.56. The lowest BCUT2D eigenvalue weighted by atomic mass is 10.1. The summed E-state index contributed by atoms with van der Waals surface area (Å²) < 4.78 is 11.8. The Morgan fingerprint density at radius 3 is 2.71 bits per heavy atom. The molecule has 0 saturated heterocycles. The van der Waals surface area contributed by atoms with Crippen molar-refractivity contribution >= 4 is 43.4 Å². The van der Waals surface area contributed by atoms with E-state index in [2.05, 4.69) is 10.3 Å². The van der Waals surface area contributed by atoms with Crippen molar-refractivity contribution in [3.8, 4) is 11.5 Å². The zero-order valence-corrected chi connectivity index (χ0v) is 12.2. The van der Waals surface area contributed by atoms with Gasteiger partial charge in [-0.05, 0) is 18.2 Å². The number of ether oxygens (including phenoxy) is 2. The highest BCUT2D eigenvalue weighted by Crippen LogP contribution is 2.46. The van der Waals surface area contributed by atoms with E-state index >= 15 is 0 Å². The number of hydrogen-bond donors (Lipinski definition) is 2. The predicted molar refractivity (Wildman–Crippen MR) is 81.9 cm³/mol. The molecule has 3 aromatic rings. The van der Waals surface area contributed by atoms with Crippen LogP contribution in [0.1, 0.15) is 0 Å². The molecule has 0 aliphatic heterocycles. The van der Waals surface area contributed by atoms with Gasteiger partial charge in [-0.2, -0.15) is 0 Å². The van der Waals surface area contributed by atoms with E-state index < -0.39 is 6.09 Å². The Balaban J connectivity index is 2.41. The number of thiophene rings is 1. The standard InChI is InChI=1S/C14H12N2O4S/c1-19-11-7-4-3-5-15-10(7)12(20-2)13-8(11)6-9(21-13)16-14(17)18/h3-6,16H,1-2H3,(H,17,18). The maximum absolute atomic E-state index is 10.8. The highest BCUT2D eigenvalue weighted by Gasteiger charge is 2.19. The molecule has 0 saturated carbocycles. The molecule has 0 spiro atoms. The fraction of sp³-hybridized carbons (Fsp3) is 0.143. The maximum atomic E-state index is 10.8. The van der Waals surface area contributed by atoms with Crippen LogP contribution in [0, 0.1) is 0 Å². The molecule has 7 heteroatoms. The third kappa shape index (κ3) is 2.11. The molecule has 21 heavy (non-hydrogen) atoms. The Bertz CT molecular complexity index is 783. The van der Waals surface area contributed by atoms with Gasteiger partial charge in [-0.25, -0.2) is 4.79 Å². The Labute approximate surface area is 123 Å². The zero-order chi connectivity index (χ0) is 15.0. The van der Waals surface area contributed by atoms with Gasteiger partial charge in [0.2, 0.25) is 0 Å². The van der Waals surface area contributed by atoms with Crippen LogP contribution in [0.5, 0.6) is 11.5 Å². The summed E-state index contributed by atoms with van der Waals surface area (Å²) in [5.41, 5.74) is 0.688. The number of pyridine rings is 1. The molecule has 2 N–H and O–H groups in total. The van der Waals surface area contributed by atoms with Gasteiger partial charge in [0.05, 0.1) is 23.9 Å². The minimum absolute atomic E-state index is 0.504. The van der Waals surface area contributed by atoms with Crippen LogP contribution < -0.4 is 14.8 Å². The van der Waals surface area contributed by atoms with Crippen molar-refractivity contribution in [3.05, 3.63) is 24.4 Å². The van der Waals surface area contributed by atoms with Gasteiger partial charge in [-0.1, -0.05) is 0 Å². The average molecular weight is 304 g/mol. The molecule has 1 amide bonds. The molecule has 2 aromatic heterocycles. The van der Waals surface area contributed by atoms with Gasteiger partial charge < -0.3 is 14.6 Å². The van der Waals surface area contributed by atoms with E-state index in [1.54, 1.807) is 26.5 Å². The first-order valence-corrected chi connectivity index (χ1v) is 6.89. The minimum atomic E-state index is -1.11. The second kappa shape index (κ2) is 5.10. The molecule has 3 rings (SSSR count). The fourth-order valence-electron chi connectivity index (χ4n) is 2.33. The van der Waals surface area contributed by atoms with Crippen molar-refractivity contribution in [1.29, 1.82) is 0 Å². The van der Waals surface area contributed by atoms with Crippen LogP contribution in [0.3, 0.4) is 0 Å². The molecule has 0 radical (unpaired) electrons. The van der Waals surface area contributed by atoms with Gasteiger partial charge in [-0.3, -0.25) is 10.3 Å². The van der Waals surface area contributed by atoms with Crippen molar-refractivity contribution < 1.29 is 19.4 Å². The van der Waals surface area contributed by atoms with Crippen LogP contribution in [-0.4, -0.2) is 30.4 Å². The quantitative estimate of drug-likeness (QED) is 0.773. The third-order valence-electron chi connectivity index (χ3n) is 3.09. The summed E-state index contributed by atoms with van der Waals surface area (Å²) >= 11 is 1.28. The van der Waals surface area contributed by atoms with Crippen LogP contribution in [0.2, 0.25) is 0 Å². The zero-order valence-electron chi connectivity index (χ0n) is 11.3. The Morgan fingerprint density at radius 2 is 2.05 bits per heavy atom. The topological polar surface area (TPSA) is 80.7 Å². The summed E-state index contributed by atoms with van der Waals surface area (Å²) in [5.74, 6) is 1.27. The Hall–Kier alpha value is -2.54. The number of anilines is 1. The molecule has 2 heterocycles. The molecule has 0 unspecified atom stereocenters. The summed E-state index contributed by atoms with van der Waals surface area (Å²) in [7, 11) is 3.15. The van der Waals surface area contributed by atoms with Crippen molar-refractivity contribution in [2.45, 2.75) is 0 Å². The molecule has 0 aliphatic rings. The number of amides is 1. The molecular formula is C14H12N2O4S. The lowest BCUT2D eigenvalue weighted by Crippen LogP contribution is -2.05. The first-order valence-electron chi connectivity index (χ1n) is 6.08. The van der Waals surface area contributed by atoms with E-state index in [9.17, 15) is 4.79 Å². The van der Waals surface area contributed by atoms with Crippen molar-refractivity contribution in [3.63, 3.8) is 0 Å². The molecule has 0 aliphatic carbocycles. The monoisotopic (exact) mass is 304 g/mol. The minimum Gasteiger partial charge on any atom is -0.495 e. The summed E-state index contributed by atoms with van der Waals surface area (Å²) in [5, 5.41) is 13.3. The van der Waals surface area contributed by atoms with E-state index in [-0.39, 0.29) is 0 Å². The van der Waals surface area contributed by atoms with Crippen molar-refractivity contribution in [2.75, 3.05) is 19.5 Å². The number of carboxylic acid groups (broad SMARTS) is 1. The van der Waals surface area contributed by atoms with Crippen LogP contribution in [0.25, 0.3) is 21.0 Å².